The number of hydrogen-bond donors (Lipinski definition) is 2. The monoisotopic (exact) mass is 296 g/mol. The summed E-state index contributed by atoms with van der Waals surface area (Å²) in [7, 11) is 0. The van der Waals surface area contributed by atoms with Crippen molar-refractivity contribution >= 4 is 44.6 Å². The van der Waals surface area contributed by atoms with E-state index in [0.717, 1.165) is 5.39 Å². The van der Waals surface area contributed by atoms with Crippen LogP contribution in [0.1, 0.15) is 21.1 Å². The van der Waals surface area contributed by atoms with Gasteiger partial charge in [-0.15, -0.1) is 0 Å². The highest BCUT2D eigenvalue weighted by Crippen LogP contribution is 2.35. The molecule has 22 heavy (non-hydrogen) atoms. The number of hydrogen-bond acceptors (Lipinski definition) is 4. The van der Waals surface area contributed by atoms with Gasteiger partial charge in [-0.25, -0.2) is 9.59 Å². The van der Waals surface area contributed by atoms with Crippen LogP contribution < -0.4 is 0 Å². The van der Waals surface area contributed by atoms with Crippen LogP contribution in [-0.4, -0.2) is 22.2 Å². The maximum Gasteiger partial charge on any atom is 0.371 e. The SMILES string of the molecule is O=C(O)c1cc2c(ccc3ccc4oc(C(=O)O)cc4c32)o1. The smallest absolute Gasteiger partial charge is 0.371 e. The third-order valence-electron chi connectivity index (χ3n) is 3.60. The van der Waals surface area contributed by atoms with Crippen molar-refractivity contribution in [3.63, 3.8) is 0 Å². The zero-order valence-corrected chi connectivity index (χ0v) is 11.0. The van der Waals surface area contributed by atoms with Gasteiger partial charge in [-0.3, -0.25) is 0 Å². The van der Waals surface area contributed by atoms with E-state index in [1.807, 2.05) is 0 Å². The number of furan rings is 2. The number of carbonyl (C=O) groups is 2. The second-order valence-electron chi connectivity index (χ2n) is 4.88. The van der Waals surface area contributed by atoms with Crippen LogP contribution in [-0.2, 0) is 0 Å². The number of carboxylic acid groups (broad SMARTS) is 2. The van der Waals surface area contributed by atoms with Crippen LogP contribution in [0.3, 0.4) is 0 Å². The average Bonchev–Trinajstić information content (AvgIpc) is 3.10. The van der Waals surface area contributed by atoms with Crippen molar-refractivity contribution in [1.82, 2.24) is 0 Å². The minimum absolute atomic E-state index is 0.165. The molecule has 2 aromatic carbocycles. The summed E-state index contributed by atoms with van der Waals surface area (Å²) in [6.07, 6.45) is 0. The van der Waals surface area contributed by atoms with Gasteiger partial charge in [-0.2, -0.15) is 0 Å². The summed E-state index contributed by atoms with van der Waals surface area (Å²) in [5.74, 6) is -2.65. The van der Waals surface area contributed by atoms with Crippen LogP contribution in [0.2, 0.25) is 0 Å². The Kier molecular flexibility index (Phi) is 2.33. The fourth-order valence-electron chi connectivity index (χ4n) is 2.67. The molecule has 108 valence electrons. The fourth-order valence-corrected chi connectivity index (χ4v) is 2.67. The van der Waals surface area contributed by atoms with Gasteiger partial charge >= 0.3 is 11.9 Å². The first-order chi connectivity index (χ1) is 10.5. The summed E-state index contributed by atoms with van der Waals surface area (Å²) in [6, 6.07) is 9.83. The van der Waals surface area contributed by atoms with Gasteiger partial charge < -0.3 is 19.0 Å². The molecule has 6 heteroatoms. The molecular formula is C16H8O6. The summed E-state index contributed by atoms with van der Waals surface area (Å²) >= 11 is 0. The summed E-state index contributed by atoms with van der Waals surface area (Å²) in [5.41, 5.74) is 0.853. The van der Waals surface area contributed by atoms with Crippen molar-refractivity contribution in [3.8, 4) is 0 Å². The molecule has 0 saturated heterocycles. The number of fused-ring (bicyclic) bond motifs is 5. The van der Waals surface area contributed by atoms with E-state index in [1.54, 1.807) is 24.3 Å². The van der Waals surface area contributed by atoms with E-state index in [1.165, 1.54) is 12.1 Å². The topological polar surface area (TPSA) is 101 Å². The van der Waals surface area contributed by atoms with Gasteiger partial charge in [0.05, 0.1) is 0 Å². The first-order valence-corrected chi connectivity index (χ1v) is 6.40. The van der Waals surface area contributed by atoms with Gasteiger partial charge in [0.25, 0.3) is 0 Å². The normalized spacial score (nSPS) is 11.5. The van der Waals surface area contributed by atoms with Gasteiger partial charge in [0.2, 0.25) is 11.5 Å². The van der Waals surface area contributed by atoms with Crippen molar-refractivity contribution in [2.75, 3.05) is 0 Å². The molecule has 2 aromatic heterocycles. The van der Waals surface area contributed by atoms with E-state index in [0.29, 0.717) is 27.3 Å². The predicted octanol–water partition coefficient (Wildman–Crippen LogP) is 3.73. The van der Waals surface area contributed by atoms with Gasteiger partial charge in [-0.1, -0.05) is 12.1 Å². The van der Waals surface area contributed by atoms with E-state index in [9.17, 15) is 9.59 Å². The van der Waals surface area contributed by atoms with E-state index >= 15 is 0 Å². The number of rotatable bonds is 2. The molecular weight excluding hydrogens is 288 g/mol. The van der Waals surface area contributed by atoms with E-state index in [-0.39, 0.29) is 11.5 Å². The minimum atomic E-state index is -1.16. The molecule has 4 rings (SSSR count). The van der Waals surface area contributed by atoms with Crippen LogP contribution in [0.4, 0.5) is 0 Å². The summed E-state index contributed by atoms with van der Waals surface area (Å²) in [4.78, 5) is 22.1. The molecule has 0 unspecified atom stereocenters. The maximum atomic E-state index is 11.1. The van der Waals surface area contributed by atoms with Crippen LogP contribution in [0.15, 0.2) is 45.2 Å². The quantitative estimate of drug-likeness (QED) is 0.584. The van der Waals surface area contributed by atoms with Crippen LogP contribution in [0.25, 0.3) is 32.7 Å². The zero-order valence-electron chi connectivity index (χ0n) is 11.0. The molecule has 0 bridgehead atoms. The molecule has 2 N–H and O–H groups in total. The minimum Gasteiger partial charge on any atom is -0.475 e. The molecule has 0 aliphatic carbocycles. The zero-order chi connectivity index (χ0) is 15.4. The Morgan fingerprint density at radius 1 is 0.773 bits per heavy atom. The molecule has 0 radical (unpaired) electrons. The van der Waals surface area contributed by atoms with Gasteiger partial charge in [0, 0.05) is 16.2 Å². The molecule has 0 saturated carbocycles. The Morgan fingerprint density at radius 3 is 1.64 bits per heavy atom. The van der Waals surface area contributed by atoms with E-state index in [4.69, 9.17) is 19.0 Å². The van der Waals surface area contributed by atoms with Crippen LogP contribution in [0, 0.1) is 0 Å². The Labute approximate surface area is 122 Å². The Balaban J connectivity index is 2.19. The van der Waals surface area contributed by atoms with E-state index < -0.39 is 11.9 Å². The fraction of sp³-hybridized carbons (Fsp3) is 0. The van der Waals surface area contributed by atoms with Crippen molar-refractivity contribution in [3.05, 3.63) is 47.9 Å². The first kappa shape index (κ1) is 12.5. The van der Waals surface area contributed by atoms with Gasteiger partial charge in [0.15, 0.2) is 0 Å². The number of benzene rings is 2. The average molecular weight is 296 g/mol. The highest BCUT2D eigenvalue weighted by molar-refractivity contribution is 6.20. The molecule has 4 aromatic rings. The maximum absolute atomic E-state index is 11.1. The lowest BCUT2D eigenvalue weighted by atomic mass is 10.0. The third-order valence-corrected chi connectivity index (χ3v) is 3.60. The summed E-state index contributed by atoms with van der Waals surface area (Å²) in [5, 5.41) is 20.9. The van der Waals surface area contributed by atoms with Gasteiger partial charge in [-0.05, 0) is 29.7 Å². The van der Waals surface area contributed by atoms with Crippen molar-refractivity contribution < 1.29 is 28.6 Å². The summed E-state index contributed by atoms with van der Waals surface area (Å²) in [6.45, 7) is 0. The van der Waals surface area contributed by atoms with Crippen LogP contribution >= 0.6 is 0 Å². The highest BCUT2D eigenvalue weighted by atomic mass is 16.4. The number of carboxylic acids is 2. The van der Waals surface area contributed by atoms with Crippen molar-refractivity contribution in [2.24, 2.45) is 0 Å². The lowest BCUT2D eigenvalue weighted by molar-refractivity contribution is 0.0655. The lowest BCUT2D eigenvalue weighted by Gasteiger charge is -1.99. The molecule has 2 heterocycles. The van der Waals surface area contributed by atoms with E-state index in [2.05, 4.69) is 0 Å². The Hall–Kier alpha value is -3.28. The molecule has 0 spiro atoms. The molecule has 0 amide bonds. The van der Waals surface area contributed by atoms with Crippen molar-refractivity contribution in [1.29, 1.82) is 0 Å². The largest absolute Gasteiger partial charge is 0.475 e. The van der Waals surface area contributed by atoms with Crippen molar-refractivity contribution in [2.45, 2.75) is 0 Å². The molecule has 0 aliphatic rings. The predicted molar refractivity (Wildman–Crippen MR) is 77.4 cm³/mol. The molecule has 0 aliphatic heterocycles. The number of aromatic carboxylic acids is 2. The Morgan fingerprint density at radius 2 is 1.23 bits per heavy atom. The highest BCUT2D eigenvalue weighted by Gasteiger charge is 2.17. The third kappa shape index (κ3) is 1.61. The van der Waals surface area contributed by atoms with Gasteiger partial charge in [0.1, 0.15) is 11.2 Å². The standard InChI is InChI=1S/C16H8O6/c17-15(18)12-5-8-10(21-12)3-1-7-2-4-11-9(14(7)8)6-13(22-11)16(19)20/h1-6H,(H,17,18)(H,19,20). The molecule has 0 atom stereocenters. The lowest BCUT2D eigenvalue weighted by Crippen LogP contribution is -1.91. The second kappa shape index (κ2) is 4.11. The molecule has 6 nitrogen and oxygen atoms in total. The molecule has 0 fully saturated rings. The second-order valence-corrected chi connectivity index (χ2v) is 4.88. The Bertz CT molecular complexity index is 999. The first-order valence-electron chi connectivity index (χ1n) is 6.40. The summed E-state index contributed by atoms with van der Waals surface area (Å²) < 4.78 is 10.6. The van der Waals surface area contributed by atoms with Crippen LogP contribution in [0.5, 0.6) is 0 Å².